The first-order valence-electron chi connectivity index (χ1n) is 5.56. The lowest BCUT2D eigenvalue weighted by Gasteiger charge is -2.21. The highest BCUT2D eigenvalue weighted by Crippen LogP contribution is 2.17. The van der Waals surface area contributed by atoms with Crippen LogP contribution in [0.5, 0.6) is 0 Å². The zero-order valence-electron chi connectivity index (χ0n) is 9.87. The van der Waals surface area contributed by atoms with E-state index in [-0.39, 0.29) is 17.9 Å². The van der Waals surface area contributed by atoms with Crippen molar-refractivity contribution in [2.45, 2.75) is 39.3 Å². The molecule has 1 aliphatic heterocycles. The number of hydrogen-bond acceptors (Lipinski definition) is 5. The molecule has 0 aliphatic carbocycles. The van der Waals surface area contributed by atoms with Crippen LogP contribution in [0.1, 0.15) is 28.4 Å². The van der Waals surface area contributed by atoms with E-state index in [0.29, 0.717) is 19.4 Å². The first-order valence-corrected chi connectivity index (χ1v) is 6.38. The molecule has 2 heterocycles. The number of imide groups is 1. The Morgan fingerprint density at radius 2 is 2.24 bits per heavy atom. The summed E-state index contributed by atoms with van der Waals surface area (Å²) in [5.74, 6) is -0.405. The van der Waals surface area contributed by atoms with E-state index in [2.05, 4.69) is 15.6 Å². The summed E-state index contributed by atoms with van der Waals surface area (Å²) < 4.78 is 0. The van der Waals surface area contributed by atoms with Crippen molar-refractivity contribution < 1.29 is 9.59 Å². The minimum atomic E-state index is -0.269. The number of piperidine rings is 1. The summed E-state index contributed by atoms with van der Waals surface area (Å²) in [4.78, 5) is 28.0. The Morgan fingerprint density at radius 3 is 2.82 bits per heavy atom. The van der Waals surface area contributed by atoms with Crippen molar-refractivity contribution in [1.29, 1.82) is 0 Å². The van der Waals surface area contributed by atoms with Crippen LogP contribution in [-0.2, 0) is 16.1 Å². The van der Waals surface area contributed by atoms with Crippen LogP contribution < -0.4 is 10.6 Å². The van der Waals surface area contributed by atoms with Gasteiger partial charge in [-0.1, -0.05) is 0 Å². The van der Waals surface area contributed by atoms with Gasteiger partial charge >= 0.3 is 0 Å². The van der Waals surface area contributed by atoms with Crippen molar-refractivity contribution in [3.8, 4) is 0 Å². The highest BCUT2D eigenvalue weighted by molar-refractivity contribution is 7.11. The SMILES string of the molecule is Cc1nc(C)c(CNC2CCC(=O)NC2=O)s1. The van der Waals surface area contributed by atoms with Crippen molar-refractivity contribution in [1.82, 2.24) is 15.6 Å². The lowest BCUT2D eigenvalue weighted by molar-refractivity contribution is -0.134. The number of amides is 2. The Hall–Kier alpha value is -1.27. The molecule has 0 spiro atoms. The van der Waals surface area contributed by atoms with Gasteiger partial charge in [-0.3, -0.25) is 14.9 Å². The molecule has 5 nitrogen and oxygen atoms in total. The van der Waals surface area contributed by atoms with Crippen LogP contribution in [-0.4, -0.2) is 22.8 Å². The average Bonchev–Trinajstić information content (AvgIpc) is 2.56. The monoisotopic (exact) mass is 253 g/mol. The highest BCUT2D eigenvalue weighted by atomic mass is 32.1. The number of aryl methyl sites for hydroxylation is 2. The van der Waals surface area contributed by atoms with Gasteiger partial charge in [0.2, 0.25) is 11.8 Å². The molecule has 1 atom stereocenters. The summed E-state index contributed by atoms with van der Waals surface area (Å²) in [6.45, 7) is 4.56. The molecule has 1 aromatic rings. The molecule has 0 aromatic carbocycles. The lowest BCUT2D eigenvalue weighted by Crippen LogP contribution is -2.50. The van der Waals surface area contributed by atoms with Gasteiger partial charge in [-0.2, -0.15) is 0 Å². The van der Waals surface area contributed by atoms with Crippen LogP contribution >= 0.6 is 11.3 Å². The number of aromatic nitrogens is 1. The quantitative estimate of drug-likeness (QED) is 0.776. The van der Waals surface area contributed by atoms with Crippen LogP contribution in [0, 0.1) is 13.8 Å². The van der Waals surface area contributed by atoms with Gasteiger partial charge in [0.05, 0.1) is 16.7 Å². The molecule has 2 rings (SSSR count). The number of carbonyl (C=O) groups is 2. The van der Waals surface area contributed by atoms with Crippen molar-refractivity contribution in [2.24, 2.45) is 0 Å². The maximum absolute atomic E-state index is 11.5. The van der Waals surface area contributed by atoms with Gasteiger partial charge in [0.25, 0.3) is 0 Å². The van der Waals surface area contributed by atoms with Gasteiger partial charge < -0.3 is 5.32 Å². The van der Waals surface area contributed by atoms with E-state index < -0.39 is 0 Å². The third kappa shape index (κ3) is 2.89. The Bertz CT molecular complexity index is 456. The van der Waals surface area contributed by atoms with E-state index in [9.17, 15) is 9.59 Å². The highest BCUT2D eigenvalue weighted by Gasteiger charge is 2.26. The van der Waals surface area contributed by atoms with E-state index in [0.717, 1.165) is 15.6 Å². The molecular weight excluding hydrogens is 238 g/mol. The molecule has 1 aromatic heterocycles. The molecule has 6 heteroatoms. The van der Waals surface area contributed by atoms with Crippen LogP contribution in [0.15, 0.2) is 0 Å². The van der Waals surface area contributed by atoms with Gasteiger partial charge in [-0.05, 0) is 20.3 Å². The minimum Gasteiger partial charge on any atom is -0.301 e. The normalized spacial score (nSPS) is 20.5. The summed E-state index contributed by atoms with van der Waals surface area (Å²) >= 11 is 1.63. The summed E-state index contributed by atoms with van der Waals surface area (Å²) in [5.41, 5.74) is 1.01. The van der Waals surface area contributed by atoms with E-state index in [1.807, 2.05) is 13.8 Å². The maximum Gasteiger partial charge on any atom is 0.243 e. The fraction of sp³-hybridized carbons (Fsp3) is 0.545. The number of nitrogens with one attached hydrogen (secondary N) is 2. The lowest BCUT2D eigenvalue weighted by atomic mass is 10.1. The molecular formula is C11H15N3O2S. The second-order valence-corrected chi connectivity index (χ2v) is 5.41. The van der Waals surface area contributed by atoms with Crippen LogP contribution in [0.4, 0.5) is 0 Å². The Kier molecular flexibility index (Phi) is 3.54. The molecule has 2 N–H and O–H groups in total. The van der Waals surface area contributed by atoms with E-state index in [1.54, 1.807) is 11.3 Å². The molecule has 1 unspecified atom stereocenters. The van der Waals surface area contributed by atoms with Crippen molar-refractivity contribution >= 4 is 23.2 Å². The molecule has 0 bridgehead atoms. The van der Waals surface area contributed by atoms with E-state index in [1.165, 1.54) is 0 Å². The summed E-state index contributed by atoms with van der Waals surface area (Å²) in [7, 11) is 0. The number of carbonyl (C=O) groups excluding carboxylic acids is 2. The van der Waals surface area contributed by atoms with E-state index >= 15 is 0 Å². The van der Waals surface area contributed by atoms with Crippen molar-refractivity contribution in [3.63, 3.8) is 0 Å². The number of rotatable bonds is 3. The Morgan fingerprint density at radius 1 is 1.47 bits per heavy atom. The molecule has 0 radical (unpaired) electrons. The molecule has 1 aliphatic rings. The topological polar surface area (TPSA) is 71.1 Å². The number of hydrogen-bond donors (Lipinski definition) is 2. The predicted octanol–water partition coefficient (Wildman–Crippen LogP) is 0.655. The predicted molar refractivity (Wildman–Crippen MR) is 64.6 cm³/mol. The van der Waals surface area contributed by atoms with Crippen LogP contribution in [0.25, 0.3) is 0 Å². The van der Waals surface area contributed by atoms with Gasteiger partial charge in [-0.25, -0.2) is 4.98 Å². The average molecular weight is 253 g/mol. The molecule has 92 valence electrons. The second-order valence-electron chi connectivity index (χ2n) is 4.13. The van der Waals surface area contributed by atoms with Gasteiger partial charge in [-0.15, -0.1) is 11.3 Å². The van der Waals surface area contributed by atoms with Gasteiger partial charge in [0.1, 0.15) is 0 Å². The number of nitrogens with zero attached hydrogens (tertiary/aromatic N) is 1. The van der Waals surface area contributed by atoms with E-state index in [4.69, 9.17) is 0 Å². The molecule has 1 fully saturated rings. The zero-order valence-corrected chi connectivity index (χ0v) is 10.7. The third-order valence-corrected chi connectivity index (χ3v) is 3.82. The first-order chi connectivity index (χ1) is 8.06. The summed E-state index contributed by atoms with van der Waals surface area (Å²) in [6.07, 6.45) is 0.978. The maximum atomic E-state index is 11.5. The van der Waals surface area contributed by atoms with Crippen molar-refractivity contribution in [3.05, 3.63) is 15.6 Å². The smallest absolute Gasteiger partial charge is 0.243 e. The molecule has 2 amide bonds. The fourth-order valence-electron chi connectivity index (χ4n) is 1.84. The molecule has 1 saturated heterocycles. The fourth-order valence-corrected chi connectivity index (χ4v) is 2.73. The standard InChI is InChI=1S/C11H15N3O2S/c1-6-9(17-7(2)13-6)5-12-8-3-4-10(15)14-11(8)16/h8,12H,3-5H2,1-2H3,(H,14,15,16). The largest absolute Gasteiger partial charge is 0.301 e. The minimum absolute atomic E-state index is 0.183. The van der Waals surface area contributed by atoms with Gasteiger partial charge in [0, 0.05) is 17.8 Å². The van der Waals surface area contributed by atoms with Crippen LogP contribution in [0.2, 0.25) is 0 Å². The van der Waals surface area contributed by atoms with Gasteiger partial charge in [0.15, 0.2) is 0 Å². The summed E-state index contributed by atoms with van der Waals surface area (Å²) in [6, 6.07) is -0.269. The molecule has 0 saturated carbocycles. The zero-order chi connectivity index (χ0) is 12.4. The third-order valence-electron chi connectivity index (χ3n) is 2.75. The van der Waals surface area contributed by atoms with Crippen LogP contribution in [0.3, 0.4) is 0 Å². The second kappa shape index (κ2) is 4.93. The molecule has 17 heavy (non-hydrogen) atoms. The first kappa shape index (κ1) is 12.2. The number of thiazole rings is 1. The summed E-state index contributed by atoms with van der Waals surface area (Å²) in [5, 5.41) is 6.53. The Labute approximate surface area is 104 Å². The van der Waals surface area contributed by atoms with Crippen molar-refractivity contribution in [2.75, 3.05) is 0 Å². The Balaban J connectivity index is 1.92.